The number of rotatable bonds is 4. The van der Waals surface area contributed by atoms with Crippen LogP contribution in [0.15, 0.2) is 40.5 Å². The molecule has 0 bridgehead atoms. The Morgan fingerprint density at radius 2 is 1.65 bits per heavy atom. The number of hydrogen-bond acceptors (Lipinski definition) is 5. The third-order valence-corrected chi connectivity index (χ3v) is 4.97. The molecule has 0 fully saturated rings. The molecule has 0 heterocycles. The SMILES string of the molecule is C=Cc1ccc2c(c1-c1c(OC)cc(O)cc1OC)C(=O)C(I)=CC2=O. The molecule has 6 heteroatoms. The molecule has 0 radical (unpaired) electrons. The van der Waals surface area contributed by atoms with Crippen LogP contribution in [0.2, 0.25) is 0 Å². The quantitative estimate of drug-likeness (QED) is 0.682. The molecule has 0 aromatic heterocycles. The van der Waals surface area contributed by atoms with E-state index in [1.54, 1.807) is 18.2 Å². The smallest absolute Gasteiger partial charge is 0.200 e. The van der Waals surface area contributed by atoms with Crippen molar-refractivity contribution in [2.75, 3.05) is 14.2 Å². The number of Topliss-reactive ketones (excluding diaryl/α,β-unsaturated/α-hetero) is 1. The first-order valence-electron chi connectivity index (χ1n) is 7.64. The first kappa shape index (κ1) is 18.2. The Labute approximate surface area is 164 Å². The van der Waals surface area contributed by atoms with Crippen molar-refractivity contribution in [2.24, 2.45) is 0 Å². The van der Waals surface area contributed by atoms with Crippen molar-refractivity contribution in [3.8, 4) is 28.4 Å². The predicted octanol–water partition coefficient (Wildman–Crippen LogP) is 4.42. The summed E-state index contributed by atoms with van der Waals surface area (Å²) in [7, 11) is 2.91. The van der Waals surface area contributed by atoms with Crippen LogP contribution < -0.4 is 9.47 Å². The van der Waals surface area contributed by atoms with Crippen LogP contribution in [0.3, 0.4) is 0 Å². The minimum atomic E-state index is -0.254. The number of phenolic OH excluding ortho intramolecular Hbond substituents is 1. The van der Waals surface area contributed by atoms with E-state index < -0.39 is 0 Å². The van der Waals surface area contributed by atoms with Gasteiger partial charge in [-0.1, -0.05) is 18.7 Å². The van der Waals surface area contributed by atoms with E-state index in [2.05, 4.69) is 6.58 Å². The molecular formula is C20H15IO5. The van der Waals surface area contributed by atoms with Crippen LogP contribution in [-0.2, 0) is 0 Å². The Kier molecular flexibility index (Phi) is 4.86. The number of ketones is 2. The van der Waals surface area contributed by atoms with Crippen LogP contribution in [-0.4, -0.2) is 30.9 Å². The second kappa shape index (κ2) is 6.95. The molecule has 0 amide bonds. The van der Waals surface area contributed by atoms with Crippen LogP contribution in [0, 0.1) is 0 Å². The van der Waals surface area contributed by atoms with Crippen molar-refractivity contribution in [3.05, 3.63) is 57.2 Å². The van der Waals surface area contributed by atoms with Gasteiger partial charge in [0.1, 0.15) is 17.2 Å². The van der Waals surface area contributed by atoms with E-state index >= 15 is 0 Å². The number of aromatic hydroxyl groups is 1. The summed E-state index contributed by atoms with van der Waals surface area (Å²) >= 11 is 1.86. The van der Waals surface area contributed by atoms with Gasteiger partial charge in [0.15, 0.2) is 5.78 Å². The topological polar surface area (TPSA) is 72.8 Å². The molecule has 0 saturated heterocycles. The van der Waals surface area contributed by atoms with E-state index in [-0.39, 0.29) is 22.9 Å². The van der Waals surface area contributed by atoms with Gasteiger partial charge in [-0.3, -0.25) is 9.59 Å². The second-order valence-electron chi connectivity index (χ2n) is 5.57. The summed E-state index contributed by atoms with van der Waals surface area (Å²) in [6, 6.07) is 6.21. The zero-order valence-electron chi connectivity index (χ0n) is 14.1. The van der Waals surface area contributed by atoms with E-state index in [9.17, 15) is 14.7 Å². The number of allylic oxidation sites excluding steroid dienone is 2. The van der Waals surface area contributed by atoms with Gasteiger partial charge in [0.25, 0.3) is 0 Å². The molecule has 1 aliphatic rings. The fourth-order valence-corrected chi connectivity index (χ4v) is 3.57. The van der Waals surface area contributed by atoms with Crippen LogP contribution >= 0.6 is 22.6 Å². The zero-order valence-corrected chi connectivity index (χ0v) is 16.3. The molecule has 1 N–H and O–H groups in total. The number of carbonyl (C=O) groups excluding carboxylic acids is 2. The minimum Gasteiger partial charge on any atom is -0.508 e. The molecule has 2 aromatic rings. The van der Waals surface area contributed by atoms with Crippen molar-refractivity contribution < 1.29 is 24.2 Å². The van der Waals surface area contributed by atoms with E-state index in [0.29, 0.717) is 37.3 Å². The second-order valence-corrected chi connectivity index (χ2v) is 6.73. The van der Waals surface area contributed by atoms with Gasteiger partial charge in [0.2, 0.25) is 5.78 Å². The number of halogens is 1. The van der Waals surface area contributed by atoms with Crippen molar-refractivity contribution in [1.29, 1.82) is 0 Å². The van der Waals surface area contributed by atoms with Gasteiger partial charge >= 0.3 is 0 Å². The molecule has 26 heavy (non-hydrogen) atoms. The number of phenols is 1. The summed E-state index contributed by atoms with van der Waals surface area (Å²) in [6.07, 6.45) is 2.93. The lowest BCUT2D eigenvalue weighted by Gasteiger charge is -2.22. The summed E-state index contributed by atoms with van der Waals surface area (Å²) in [5.41, 5.74) is 2.21. The van der Waals surface area contributed by atoms with Crippen LogP contribution in [0.25, 0.3) is 17.2 Å². The van der Waals surface area contributed by atoms with Crippen LogP contribution in [0.5, 0.6) is 17.2 Å². The summed E-state index contributed by atoms with van der Waals surface area (Å²) in [5, 5.41) is 9.92. The number of hydrogen-bond donors (Lipinski definition) is 1. The lowest BCUT2D eigenvalue weighted by Crippen LogP contribution is -2.16. The molecule has 1 aliphatic carbocycles. The highest BCUT2D eigenvalue weighted by Crippen LogP contribution is 2.46. The lowest BCUT2D eigenvalue weighted by molar-refractivity contribution is 0.0993. The van der Waals surface area contributed by atoms with Gasteiger partial charge in [0, 0.05) is 34.9 Å². The van der Waals surface area contributed by atoms with Gasteiger partial charge in [-0.25, -0.2) is 0 Å². The largest absolute Gasteiger partial charge is 0.508 e. The summed E-state index contributed by atoms with van der Waals surface area (Å²) in [6.45, 7) is 3.81. The highest BCUT2D eigenvalue weighted by Gasteiger charge is 2.31. The van der Waals surface area contributed by atoms with Crippen LogP contribution in [0.4, 0.5) is 0 Å². The molecule has 0 spiro atoms. The van der Waals surface area contributed by atoms with Gasteiger partial charge in [-0.05, 0) is 34.2 Å². The summed E-state index contributed by atoms with van der Waals surface area (Å²) in [4.78, 5) is 25.3. The molecule has 0 unspecified atom stereocenters. The molecular weight excluding hydrogens is 447 g/mol. The molecule has 2 aromatic carbocycles. The van der Waals surface area contributed by atoms with Crippen molar-refractivity contribution in [3.63, 3.8) is 0 Å². The highest BCUT2D eigenvalue weighted by atomic mass is 127. The Bertz CT molecular complexity index is 963. The maximum atomic E-state index is 12.9. The molecule has 0 aliphatic heterocycles. The monoisotopic (exact) mass is 462 g/mol. The van der Waals surface area contributed by atoms with E-state index in [4.69, 9.17) is 9.47 Å². The van der Waals surface area contributed by atoms with E-state index in [1.165, 1.54) is 32.4 Å². The van der Waals surface area contributed by atoms with Gasteiger partial charge in [-0.2, -0.15) is 0 Å². The average Bonchev–Trinajstić information content (AvgIpc) is 2.64. The Morgan fingerprint density at radius 1 is 1.04 bits per heavy atom. The first-order valence-corrected chi connectivity index (χ1v) is 8.71. The maximum absolute atomic E-state index is 12.9. The standard InChI is InChI=1S/C20H15IO5/c1-4-10-5-6-12-14(23)9-13(21)20(24)18(12)17(10)19-15(25-2)7-11(22)8-16(19)26-3/h4-9,22H,1H2,2-3H3. The minimum absolute atomic E-state index is 0.0377. The third kappa shape index (κ3) is 2.80. The fraction of sp³-hybridized carbons (Fsp3) is 0.100. The van der Waals surface area contributed by atoms with Crippen molar-refractivity contribution in [1.82, 2.24) is 0 Å². The Balaban J connectivity index is 2.49. The van der Waals surface area contributed by atoms with E-state index in [1.807, 2.05) is 22.6 Å². The van der Waals surface area contributed by atoms with Gasteiger partial charge in [-0.15, -0.1) is 0 Å². The van der Waals surface area contributed by atoms with Crippen LogP contribution in [0.1, 0.15) is 26.3 Å². The third-order valence-electron chi connectivity index (χ3n) is 4.17. The lowest BCUT2D eigenvalue weighted by atomic mass is 9.84. The van der Waals surface area contributed by atoms with Gasteiger partial charge in [0.05, 0.1) is 23.4 Å². The van der Waals surface area contributed by atoms with Crippen molar-refractivity contribution in [2.45, 2.75) is 0 Å². The first-order chi connectivity index (χ1) is 12.4. The van der Waals surface area contributed by atoms with Crippen molar-refractivity contribution >= 4 is 40.2 Å². The normalized spacial score (nSPS) is 13.1. The Hall–Kier alpha value is -2.61. The molecule has 5 nitrogen and oxygen atoms in total. The zero-order chi connectivity index (χ0) is 19.0. The molecule has 0 atom stereocenters. The summed E-state index contributed by atoms with van der Waals surface area (Å²) < 4.78 is 11.2. The fourth-order valence-electron chi connectivity index (χ4n) is 3.02. The molecule has 132 valence electrons. The number of ether oxygens (including phenoxy) is 2. The van der Waals surface area contributed by atoms with E-state index in [0.717, 1.165) is 0 Å². The number of benzene rings is 2. The number of fused-ring (bicyclic) bond motifs is 1. The molecule has 0 saturated carbocycles. The summed E-state index contributed by atoms with van der Waals surface area (Å²) in [5.74, 6) is 0.115. The highest BCUT2D eigenvalue weighted by molar-refractivity contribution is 14.1. The Morgan fingerprint density at radius 3 is 2.19 bits per heavy atom. The number of carbonyl (C=O) groups is 2. The maximum Gasteiger partial charge on any atom is 0.200 e. The van der Waals surface area contributed by atoms with Gasteiger partial charge < -0.3 is 14.6 Å². The average molecular weight is 462 g/mol. The predicted molar refractivity (Wildman–Crippen MR) is 108 cm³/mol. The number of methoxy groups -OCH3 is 2. The molecule has 3 rings (SSSR count).